The first-order valence-corrected chi connectivity index (χ1v) is 15.3. The van der Waals surface area contributed by atoms with Crippen molar-refractivity contribution < 1.29 is 23.9 Å². The van der Waals surface area contributed by atoms with Gasteiger partial charge in [-0.05, 0) is 47.1 Å². The molecule has 4 rings (SSSR count). The number of alkyl carbamates (subject to hydrolysis) is 1. The highest BCUT2D eigenvalue weighted by Gasteiger charge is 2.34. The second kappa shape index (κ2) is 17.2. The van der Waals surface area contributed by atoms with E-state index in [1.807, 2.05) is 115 Å². The largest absolute Gasteiger partial charge is 0.445 e. The summed E-state index contributed by atoms with van der Waals surface area (Å²) in [7, 11) is 0. The number of ether oxygens (including phenoxy) is 1. The quantitative estimate of drug-likeness (QED) is 0.158. The van der Waals surface area contributed by atoms with Crippen LogP contribution in [0.15, 0.2) is 115 Å². The fourth-order valence-corrected chi connectivity index (χ4v) is 5.34. The molecule has 1 atom stereocenters. The summed E-state index contributed by atoms with van der Waals surface area (Å²) < 4.78 is 5.28. The minimum Gasteiger partial charge on any atom is -0.445 e. The zero-order valence-electron chi connectivity index (χ0n) is 25.7. The van der Waals surface area contributed by atoms with E-state index in [0.717, 1.165) is 27.8 Å². The van der Waals surface area contributed by atoms with Gasteiger partial charge in [0.1, 0.15) is 12.6 Å². The lowest BCUT2D eigenvalue weighted by atomic mass is 9.89. The number of carbonyl (C=O) groups is 4. The molecule has 0 aliphatic carbocycles. The third-order valence-corrected chi connectivity index (χ3v) is 7.68. The molecule has 9 heteroatoms. The maximum absolute atomic E-state index is 14.5. The van der Waals surface area contributed by atoms with Crippen LogP contribution in [0.25, 0.3) is 0 Å². The van der Waals surface area contributed by atoms with Gasteiger partial charge in [-0.1, -0.05) is 115 Å². The van der Waals surface area contributed by atoms with Gasteiger partial charge in [0.25, 0.3) is 0 Å². The zero-order valence-corrected chi connectivity index (χ0v) is 25.7. The van der Waals surface area contributed by atoms with Crippen LogP contribution in [-0.2, 0) is 38.6 Å². The van der Waals surface area contributed by atoms with Crippen molar-refractivity contribution in [1.82, 2.24) is 10.2 Å². The Labute approximate surface area is 269 Å². The summed E-state index contributed by atoms with van der Waals surface area (Å²) in [6.07, 6.45) is 0.653. The van der Waals surface area contributed by atoms with Gasteiger partial charge in [0.15, 0.2) is 0 Å². The van der Waals surface area contributed by atoms with Crippen LogP contribution in [0.4, 0.5) is 4.79 Å². The van der Waals surface area contributed by atoms with Crippen molar-refractivity contribution in [2.45, 2.75) is 44.2 Å². The van der Waals surface area contributed by atoms with Crippen molar-refractivity contribution in [2.75, 3.05) is 13.1 Å². The minimum atomic E-state index is -0.918. The van der Waals surface area contributed by atoms with E-state index in [1.54, 1.807) is 4.90 Å². The third-order valence-electron chi connectivity index (χ3n) is 7.68. The Bertz CT molecular complexity index is 1520. The highest BCUT2D eigenvalue weighted by molar-refractivity contribution is 5.92. The summed E-state index contributed by atoms with van der Waals surface area (Å²) in [6.45, 7) is 0.606. The number of amides is 4. The Balaban J connectivity index is 1.51. The first kappa shape index (κ1) is 33.5. The summed E-state index contributed by atoms with van der Waals surface area (Å²) in [5, 5.41) is 2.72. The lowest BCUT2D eigenvalue weighted by Crippen LogP contribution is -2.50. The van der Waals surface area contributed by atoms with Crippen LogP contribution in [-0.4, -0.2) is 47.8 Å². The number of hydrogen-bond acceptors (Lipinski definition) is 5. The topological polar surface area (TPSA) is 145 Å². The molecular formula is C37H40N4O5. The van der Waals surface area contributed by atoms with Crippen LogP contribution < -0.4 is 16.8 Å². The van der Waals surface area contributed by atoms with Gasteiger partial charge in [0.2, 0.25) is 17.7 Å². The Kier molecular flexibility index (Phi) is 12.5. The van der Waals surface area contributed by atoms with Gasteiger partial charge < -0.3 is 26.4 Å². The lowest BCUT2D eigenvalue weighted by molar-refractivity contribution is -0.140. The maximum atomic E-state index is 14.5. The normalized spacial score (nSPS) is 11.4. The van der Waals surface area contributed by atoms with Gasteiger partial charge in [-0.2, -0.15) is 0 Å². The van der Waals surface area contributed by atoms with E-state index in [9.17, 15) is 19.2 Å². The van der Waals surface area contributed by atoms with Gasteiger partial charge in [-0.3, -0.25) is 14.4 Å². The van der Waals surface area contributed by atoms with Crippen molar-refractivity contribution in [3.8, 4) is 0 Å². The molecule has 9 nitrogen and oxygen atoms in total. The molecule has 0 radical (unpaired) electrons. The predicted molar refractivity (Wildman–Crippen MR) is 176 cm³/mol. The van der Waals surface area contributed by atoms with Crippen LogP contribution >= 0.6 is 0 Å². The summed E-state index contributed by atoms with van der Waals surface area (Å²) in [5.74, 6) is -1.95. The molecule has 0 aromatic heterocycles. The van der Waals surface area contributed by atoms with Crippen molar-refractivity contribution in [1.29, 1.82) is 0 Å². The average molecular weight is 621 g/mol. The molecule has 0 unspecified atom stereocenters. The molecule has 5 N–H and O–H groups in total. The predicted octanol–water partition coefficient (Wildman–Crippen LogP) is 4.48. The number of rotatable bonds is 16. The lowest BCUT2D eigenvalue weighted by Gasteiger charge is -2.33. The zero-order chi connectivity index (χ0) is 32.7. The van der Waals surface area contributed by atoms with Crippen molar-refractivity contribution in [3.05, 3.63) is 143 Å². The van der Waals surface area contributed by atoms with E-state index in [2.05, 4.69) is 5.32 Å². The first-order valence-electron chi connectivity index (χ1n) is 15.3. The van der Waals surface area contributed by atoms with E-state index in [0.29, 0.717) is 12.8 Å². The number of benzene rings is 4. The van der Waals surface area contributed by atoms with Crippen LogP contribution in [0.2, 0.25) is 0 Å². The molecule has 46 heavy (non-hydrogen) atoms. The Morgan fingerprint density at radius 3 is 1.78 bits per heavy atom. The van der Waals surface area contributed by atoms with E-state index in [-0.39, 0.29) is 38.4 Å². The fourth-order valence-electron chi connectivity index (χ4n) is 5.34. The molecule has 4 amide bonds. The molecule has 0 aliphatic rings. The summed E-state index contributed by atoms with van der Waals surface area (Å²) in [6, 6.07) is 34.8. The van der Waals surface area contributed by atoms with Gasteiger partial charge >= 0.3 is 6.09 Å². The molecule has 0 saturated carbocycles. The number of nitrogens with zero attached hydrogens (tertiary/aromatic N) is 1. The second-order valence-corrected chi connectivity index (χ2v) is 11.0. The van der Waals surface area contributed by atoms with Crippen molar-refractivity contribution >= 4 is 23.8 Å². The summed E-state index contributed by atoms with van der Waals surface area (Å²) >= 11 is 0. The molecular weight excluding hydrogens is 580 g/mol. The third kappa shape index (κ3) is 10.1. The van der Waals surface area contributed by atoms with E-state index >= 15 is 0 Å². The highest BCUT2D eigenvalue weighted by Crippen LogP contribution is 2.28. The SMILES string of the molecule is NC(=O)Cc1ccc(CCN(C(=O)C(c2ccccc2)c2ccccc2)[C@H](CCCNC(=O)OCc2ccccc2)C(N)=O)cc1. The molecule has 0 aliphatic heterocycles. The van der Waals surface area contributed by atoms with Gasteiger partial charge in [-0.15, -0.1) is 0 Å². The molecule has 0 heterocycles. The van der Waals surface area contributed by atoms with E-state index < -0.39 is 29.9 Å². The second-order valence-electron chi connectivity index (χ2n) is 11.0. The highest BCUT2D eigenvalue weighted by atomic mass is 16.5. The number of carbonyl (C=O) groups excluding carboxylic acids is 4. The van der Waals surface area contributed by atoms with Crippen LogP contribution in [0.1, 0.15) is 46.6 Å². The summed E-state index contributed by atoms with van der Waals surface area (Å²) in [5.41, 5.74) is 15.5. The van der Waals surface area contributed by atoms with Crippen LogP contribution in [0.5, 0.6) is 0 Å². The molecule has 4 aromatic rings. The van der Waals surface area contributed by atoms with Crippen LogP contribution in [0, 0.1) is 0 Å². The van der Waals surface area contributed by atoms with Gasteiger partial charge in [-0.25, -0.2) is 4.79 Å². The van der Waals surface area contributed by atoms with E-state index in [4.69, 9.17) is 16.2 Å². The molecule has 0 bridgehead atoms. The van der Waals surface area contributed by atoms with E-state index in [1.165, 1.54) is 0 Å². The van der Waals surface area contributed by atoms with Gasteiger partial charge in [0.05, 0.1) is 12.3 Å². The number of nitrogens with two attached hydrogens (primary N) is 2. The summed E-state index contributed by atoms with van der Waals surface area (Å²) in [4.78, 5) is 52.6. The minimum absolute atomic E-state index is 0.137. The van der Waals surface area contributed by atoms with Crippen molar-refractivity contribution in [2.24, 2.45) is 11.5 Å². The number of nitrogens with one attached hydrogen (secondary N) is 1. The molecule has 238 valence electrons. The smallest absolute Gasteiger partial charge is 0.407 e. The molecule has 4 aromatic carbocycles. The molecule has 0 spiro atoms. The Hall–Kier alpha value is -5.44. The average Bonchev–Trinajstić information content (AvgIpc) is 3.06. The Morgan fingerprint density at radius 1 is 0.696 bits per heavy atom. The number of primary amides is 2. The molecule has 0 fully saturated rings. The van der Waals surface area contributed by atoms with Crippen molar-refractivity contribution in [3.63, 3.8) is 0 Å². The standard InChI is InChI=1S/C37H40N4O5/c38-33(42)25-28-20-18-27(19-21-28)22-24-41(36(44)34(30-13-6-2-7-14-30)31-15-8-3-9-16-31)32(35(39)43)17-10-23-40-37(45)46-26-29-11-4-1-5-12-29/h1-9,11-16,18-21,32,34H,10,17,22-26H2,(H2,38,42)(H2,39,43)(H,40,45)/t32-/m1/s1. The first-order chi connectivity index (χ1) is 22.3. The number of hydrogen-bond donors (Lipinski definition) is 3. The fraction of sp³-hybridized carbons (Fsp3) is 0.243. The van der Waals surface area contributed by atoms with Gasteiger partial charge in [0, 0.05) is 13.1 Å². The Morgan fingerprint density at radius 2 is 1.24 bits per heavy atom. The maximum Gasteiger partial charge on any atom is 0.407 e. The monoisotopic (exact) mass is 620 g/mol. The van der Waals surface area contributed by atoms with Crippen LogP contribution in [0.3, 0.4) is 0 Å². The molecule has 0 saturated heterocycles.